The first-order chi connectivity index (χ1) is 10.4. The smallest absolute Gasteiger partial charge is 0.130 e. The highest BCUT2D eigenvalue weighted by molar-refractivity contribution is 5.85. The maximum Gasteiger partial charge on any atom is 0.130 e. The first-order valence-electron chi connectivity index (χ1n) is 7.97. The van der Waals surface area contributed by atoms with Gasteiger partial charge < -0.3 is 10.6 Å². The Morgan fingerprint density at radius 2 is 2.10 bits per heavy atom. The normalized spacial score (nSPS) is 21.8. The summed E-state index contributed by atoms with van der Waals surface area (Å²) in [5, 5.41) is 7.30. The molecule has 21 heavy (non-hydrogen) atoms. The minimum atomic E-state index is 0.491. The van der Waals surface area contributed by atoms with Gasteiger partial charge in [0.15, 0.2) is 0 Å². The van der Waals surface area contributed by atoms with Crippen LogP contribution < -0.4 is 10.6 Å². The summed E-state index contributed by atoms with van der Waals surface area (Å²) >= 11 is 0. The van der Waals surface area contributed by atoms with Crippen molar-refractivity contribution in [2.45, 2.75) is 38.1 Å². The minimum Gasteiger partial charge on any atom is -0.381 e. The van der Waals surface area contributed by atoms with Gasteiger partial charge in [0.25, 0.3) is 0 Å². The molecule has 0 saturated heterocycles. The lowest BCUT2D eigenvalue weighted by molar-refractivity contribution is 0.538. The lowest BCUT2D eigenvalue weighted by Crippen LogP contribution is -2.28. The standard InChI is InChI=1S/C18H21N3/c1-2-3-7-16-14-11-20-18-17(14)13(9-10-19-18)12-6-4-5-8-15(12)21-16/h4-6,8-10,14,16,21H,2-3,7,11H2,1H3,(H,19,20). The lowest BCUT2D eigenvalue weighted by atomic mass is 9.88. The fourth-order valence-corrected chi connectivity index (χ4v) is 3.72. The fourth-order valence-electron chi connectivity index (χ4n) is 3.72. The van der Waals surface area contributed by atoms with Gasteiger partial charge in [-0.25, -0.2) is 4.98 Å². The molecule has 108 valence electrons. The molecule has 0 spiro atoms. The summed E-state index contributed by atoms with van der Waals surface area (Å²) < 4.78 is 0. The van der Waals surface area contributed by atoms with Gasteiger partial charge in [0, 0.05) is 41.5 Å². The Hall–Kier alpha value is -2.03. The van der Waals surface area contributed by atoms with Crippen molar-refractivity contribution in [1.82, 2.24) is 4.98 Å². The van der Waals surface area contributed by atoms with E-state index in [1.807, 2.05) is 6.20 Å². The summed E-state index contributed by atoms with van der Waals surface area (Å²) in [7, 11) is 0. The Morgan fingerprint density at radius 1 is 1.19 bits per heavy atom. The van der Waals surface area contributed by atoms with Gasteiger partial charge in [-0.1, -0.05) is 38.0 Å². The summed E-state index contributed by atoms with van der Waals surface area (Å²) in [5.41, 5.74) is 5.33. The lowest BCUT2D eigenvalue weighted by Gasteiger charge is -2.24. The van der Waals surface area contributed by atoms with Crippen LogP contribution in [0, 0.1) is 0 Å². The quantitative estimate of drug-likeness (QED) is 0.882. The predicted octanol–water partition coefficient (Wildman–Crippen LogP) is 4.24. The van der Waals surface area contributed by atoms with E-state index in [1.54, 1.807) is 0 Å². The average Bonchev–Trinajstić information content (AvgIpc) is 2.90. The van der Waals surface area contributed by atoms with Gasteiger partial charge in [0.1, 0.15) is 5.82 Å². The van der Waals surface area contributed by atoms with Crippen LogP contribution in [0.3, 0.4) is 0 Å². The van der Waals surface area contributed by atoms with Gasteiger partial charge in [0.05, 0.1) is 0 Å². The highest BCUT2D eigenvalue weighted by Crippen LogP contribution is 2.46. The van der Waals surface area contributed by atoms with Crippen molar-refractivity contribution in [2.75, 3.05) is 17.2 Å². The van der Waals surface area contributed by atoms with E-state index in [0.717, 1.165) is 12.4 Å². The second-order valence-corrected chi connectivity index (χ2v) is 6.05. The van der Waals surface area contributed by atoms with Crippen LogP contribution in [-0.2, 0) is 0 Å². The molecule has 3 nitrogen and oxygen atoms in total. The van der Waals surface area contributed by atoms with E-state index in [-0.39, 0.29) is 0 Å². The van der Waals surface area contributed by atoms with E-state index in [1.165, 1.54) is 41.6 Å². The molecular weight excluding hydrogens is 258 g/mol. The molecule has 2 aliphatic heterocycles. The van der Waals surface area contributed by atoms with Crippen LogP contribution in [0.1, 0.15) is 37.7 Å². The Bertz CT molecular complexity index is 665. The number of para-hydroxylation sites is 1. The summed E-state index contributed by atoms with van der Waals surface area (Å²) in [6.07, 6.45) is 5.64. The van der Waals surface area contributed by atoms with Gasteiger partial charge in [-0.15, -0.1) is 0 Å². The zero-order chi connectivity index (χ0) is 14.2. The fraction of sp³-hybridized carbons (Fsp3) is 0.389. The molecular formula is C18H21N3. The predicted molar refractivity (Wildman–Crippen MR) is 87.8 cm³/mol. The van der Waals surface area contributed by atoms with E-state index < -0.39 is 0 Å². The second-order valence-electron chi connectivity index (χ2n) is 6.05. The number of nitrogens with one attached hydrogen (secondary N) is 2. The molecule has 0 amide bonds. The number of rotatable bonds is 3. The molecule has 1 aromatic heterocycles. The maximum absolute atomic E-state index is 4.54. The van der Waals surface area contributed by atoms with Crippen LogP contribution in [-0.4, -0.2) is 17.6 Å². The number of benzene rings is 1. The number of nitrogens with zero attached hydrogens (tertiary/aromatic N) is 1. The Labute approximate surface area is 125 Å². The molecule has 0 aliphatic carbocycles. The van der Waals surface area contributed by atoms with Gasteiger partial charge in [0.2, 0.25) is 0 Å². The van der Waals surface area contributed by atoms with Crippen molar-refractivity contribution in [3.8, 4) is 11.1 Å². The minimum absolute atomic E-state index is 0.491. The van der Waals surface area contributed by atoms with Gasteiger partial charge in [-0.05, 0) is 24.1 Å². The van der Waals surface area contributed by atoms with Crippen molar-refractivity contribution in [2.24, 2.45) is 0 Å². The summed E-state index contributed by atoms with van der Waals surface area (Å²) in [4.78, 5) is 4.54. The SMILES string of the molecule is CCCCC1Nc2ccccc2-c2ccnc3c2C1CN3. The Kier molecular flexibility index (Phi) is 3.06. The Morgan fingerprint density at radius 3 is 3.00 bits per heavy atom. The number of unbranched alkanes of at least 4 members (excludes halogenated alkanes) is 1. The first-order valence-corrected chi connectivity index (χ1v) is 7.97. The zero-order valence-corrected chi connectivity index (χ0v) is 12.4. The van der Waals surface area contributed by atoms with E-state index in [4.69, 9.17) is 0 Å². The highest BCUT2D eigenvalue weighted by Gasteiger charge is 2.35. The molecule has 2 N–H and O–H groups in total. The number of hydrogen-bond donors (Lipinski definition) is 2. The van der Waals surface area contributed by atoms with E-state index in [2.05, 4.69) is 52.9 Å². The van der Waals surface area contributed by atoms with Crippen molar-refractivity contribution in [3.63, 3.8) is 0 Å². The molecule has 0 bridgehead atoms. The molecule has 2 atom stereocenters. The third-order valence-corrected chi connectivity index (χ3v) is 4.76. The number of hydrogen-bond acceptors (Lipinski definition) is 3. The van der Waals surface area contributed by atoms with Gasteiger partial charge >= 0.3 is 0 Å². The third kappa shape index (κ3) is 1.99. The summed E-state index contributed by atoms with van der Waals surface area (Å²) in [5.74, 6) is 1.60. The maximum atomic E-state index is 4.54. The molecule has 2 aromatic rings. The summed E-state index contributed by atoms with van der Waals surface area (Å²) in [6, 6.07) is 11.3. The number of anilines is 2. The van der Waals surface area contributed by atoms with Gasteiger partial charge in [-0.3, -0.25) is 0 Å². The molecule has 2 aliphatic rings. The average molecular weight is 279 g/mol. The molecule has 0 fully saturated rings. The molecule has 3 heteroatoms. The monoisotopic (exact) mass is 279 g/mol. The topological polar surface area (TPSA) is 37.0 Å². The zero-order valence-electron chi connectivity index (χ0n) is 12.4. The largest absolute Gasteiger partial charge is 0.381 e. The molecule has 2 unspecified atom stereocenters. The molecule has 0 radical (unpaired) electrons. The van der Waals surface area contributed by atoms with Crippen molar-refractivity contribution < 1.29 is 0 Å². The van der Waals surface area contributed by atoms with E-state index in [0.29, 0.717) is 12.0 Å². The van der Waals surface area contributed by atoms with Crippen LogP contribution in [0.5, 0.6) is 0 Å². The molecule has 4 rings (SSSR count). The highest BCUT2D eigenvalue weighted by atomic mass is 15.0. The number of aromatic nitrogens is 1. The Balaban J connectivity index is 1.88. The van der Waals surface area contributed by atoms with Crippen LogP contribution in [0.2, 0.25) is 0 Å². The third-order valence-electron chi connectivity index (χ3n) is 4.76. The van der Waals surface area contributed by atoms with E-state index in [9.17, 15) is 0 Å². The number of fused-ring (bicyclic) bond motifs is 2. The molecule has 0 saturated carbocycles. The van der Waals surface area contributed by atoms with Crippen molar-refractivity contribution in [1.29, 1.82) is 0 Å². The van der Waals surface area contributed by atoms with Crippen LogP contribution in [0.25, 0.3) is 11.1 Å². The van der Waals surface area contributed by atoms with Crippen molar-refractivity contribution >= 4 is 11.5 Å². The van der Waals surface area contributed by atoms with Crippen LogP contribution >= 0.6 is 0 Å². The molecule has 3 heterocycles. The summed E-state index contributed by atoms with van der Waals surface area (Å²) in [6.45, 7) is 3.26. The van der Waals surface area contributed by atoms with Crippen LogP contribution in [0.4, 0.5) is 11.5 Å². The van der Waals surface area contributed by atoms with Crippen molar-refractivity contribution in [3.05, 3.63) is 42.1 Å². The number of pyridine rings is 1. The second kappa shape index (κ2) is 5.06. The first kappa shape index (κ1) is 12.7. The molecule has 1 aromatic carbocycles. The van der Waals surface area contributed by atoms with Crippen LogP contribution in [0.15, 0.2) is 36.5 Å². The van der Waals surface area contributed by atoms with E-state index >= 15 is 0 Å². The van der Waals surface area contributed by atoms with Gasteiger partial charge in [-0.2, -0.15) is 0 Å².